The van der Waals surface area contributed by atoms with Crippen LogP contribution in [0.5, 0.6) is 0 Å². The SMILES string of the molecule is COOC(=O)OC(F)(F)C(F)(F)C(F)(F)C(F)(F)C(F)(F)F. The Balaban J connectivity index is 5.74. The third-order valence-corrected chi connectivity index (χ3v) is 1.87. The quantitative estimate of drug-likeness (QED) is 0.324. The number of alkyl halides is 11. The Kier molecular flexibility index (Phi) is 5.19. The Bertz CT molecular complexity index is 415. The molecule has 0 N–H and O–H groups in total. The van der Waals surface area contributed by atoms with Gasteiger partial charge in [0.25, 0.3) is 0 Å². The van der Waals surface area contributed by atoms with Gasteiger partial charge in [0, 0.05) is 0 Å². The van der Waals surface area contributed by atoms with Crippen molar-refractivity contribution in [1.29, 1.82) is 0 Å². The first-order valence-electron chi connectivity index (χ1n) is 4.47. The fourth-order valence-corrected chi connectivity index (χ4v) is 0.812. The molecule has 0 aromatic carbocycles. The Morgan fingerprint density at radius 3 is 1.45 bits per heavy atom. The zero-order valence-corrected chi connectivity index (χ0v) is 9.79. The van der Waals surface area contributed by atoms with Gasteiger partial charge in [-0.25, -0.2) is 4.79 Å². The van der Waals surface area contributed by atoms with Crippen LogP contribution in [0.1, 0.15) is 0 Å². The largest absolute Gasteiger partial charge is 0.545 e. The summed E-state index contributed by atoms with van der Waals surface area (Å²) in [6.45, 7) is 0. The van der Waals surface area contributed by atoms with Crippen LogP contribution in [0.3, 0.4) is 0 Å². The second-order valence-corrected chi connectivity index (χ2v) is 3.34. The number of ether oxygens (including phenoxy) is 1. The molecule has 0 fully saturated rings. The van der Waals surface area contributed by atoms with Crippen molar-refractivity contribution in [3.63, 3.8) is 0 Å². The number of hydrogen-bond donors (Lipinski definition) is 0. The number of carbonyl (C=O) groups is 1. The molecule has 0 saturated carbocycles. The zero-order chi connectivity index (χ0) is 18.2. The summed E-state index contributed by atoms with van der Waals surface area (Å²) in [4.78, 5) is 16.6. The fourth-order valence-electron chi connectivity index (χ4n) is 0.812. The molecular formula is C7H3F11O4. The minimum Gasteiger partial charge on any atom is -0.361 e. The lowest BCUT2D eigenvalue weighted by molar-refractivity contribution is -0.452. The van der Waals surface area contributed by atoms with Gasteiger partial charge in [0.15, 0.2) is 0 Å². The van der Waals surface area contributed by atoms with Crippen molar-refractivity contribution in [3.8, 4) is 0 Å². The van der Waals surface area contributed by atoms with Gasteiger partial charge in [-0.15, -0.1) is 0 Å². The van der Waals surface area contributed by atoms with Gasteiger partial charge in [0.05, 0.1) is 7.11 Å². The molecule has 0 atom stereocenters. The minimum atomic E-state index is -7.67. The van der Waals surface area contributed by atoms with Gasteiger partial charge in [-0.3, -0.25) is 4.89 Å². The Morgan fingerprint density at radius 2 is 1.14 bits per heavy atom. The number of hydrogen-bond acceptors (Lipinski definition) is 4. The maximum absolute atomic E-state index is 12.8. The number of carbonyl (C=O) groups excluding carboxylic acids is 1. The Hall–Kier alpha value is -1.54. The van der Waals surface area contributed by atoms with E-state index in [2.05, 4.69) is 14.5 Å². The topological polar surface area (TPSA) is 44.8 Å². The third-order valence-electron chi connectivity index (χ3n) is 1.87. The molecule has 0 aliphatic heterocycles. The molecular weight excluding hydrogens is 357 g/mol. The lowest BCUT2D eigenvalue weighted by Gasteiger charge is -2.35. The maximum atomic E-state index is 12.8. The van der Waals surface area contributed by atoms with Crippen molar-refractivity contribution in [3.05, 3.63) is 0 Å². The van der Waals surface area contributed by atoms with E-state index >= 15 is 0 Å². The predicted molar refractivity (Wildman–Crippen MR) is 40.4 cm³/mol. The normalized spacial score (nSPS) is 14.7. The van der Waals surface area contributed by atoms with E-state index in [1.807, 2.05) is 0 Å². The van der Waals surface area contributed by atoms with Crippen LogP contribution in [0, 0.1) is 0 Å². The first kappa shape index (κ1) is 20.5. The molecule has 0 rings (SSSR count). The van der Waals surface area contributed by atoms with Gasteiger partial charge < -0.3 is 4.74 Å². The second-order valence-electron chi connectivity index (χ2n) is 3.34. The van der Waals surface area contributed by atoms with Crippen molar-refractivity contribution >= 4 is 6.16 Å². The Morgan fingerprint density at radius 1 is 0.727 bits per heavy atom. The molecule has 0 unspecified atom stereocenters. The number of halogens is 11. The smallest absolute Gasteiger partial charge is 0.361 e. The summed E-state index contributed by atoms with van der Waals surface area (Å²) in [6.07, 6.45) is -17.0. The van der Waals surface area contributed by atoms with Crippen molar-refractivity contribution in [2.24, 2.45) is 0 Å². The first-order valence-corrected chi connectivity index (χ1v) is 4.47. The standard InChI is InChI=1S/C7H3F11O4/c1-20-22-2(19)21-7(17,18)5(12,13)3(8,9)4(10,11)6(14,15)16/h1H3. The summed E-state index contributed by atoms with van der Waals surface area (Å²) >= 11 is 0. The molecule has 0 aromatic rings. The van der Waals surface area contributed by atoms with Crippen LogP contribution in [0.2, 0.25) is 0 Å². The van der Waals surface area contributed by atoms with E-state index in [1.54, 1.807) is 0 Å². The van der Waals surface area contributed by atoms with Crippen molar-refractivity contribution in [1.82, 2.24) is 0 Å². The minimum absolute atomic E-state index is 0.434. The summed E-state index contributed by atoms with van der Waals surface area (Å²) in [5.41, 5.74) is 0. The fraction of sp³-hybridized carbons (Fsp3) is 0.857. The summed E-state index contributed by atoms with van der Waals surface area (Å²) in [5.74, 6) is -22.7. The molecule has 0 aliphatic carbocycles. The molecule has 4 nitrogen and oxygen atoms in total. The molecule has 0 aliphatic rings. The summed E-state index contributed by atoms with van der Waals surface area (Å²) in [5, 5.41) is 0. The van der Waals surface area contributed by atoms with Gasteiger partial charge >= 0.3 is 36.2 Å². The highest BCUT2D eigenvalue weighted by Crippen LogP contribution is 2.57. The van der Waals surface area contributed by atoms with Gasteiger partial charge in [-0.05, 0) is 0 Å². The van der Waals surface area contributed by atoms with Gasteiger partial charge in [0.1, 0.15) is 0 Å². The van der Waals surface area contributed by atoms with Crippen LogP contribution < -0.4 is 0 Å². The average molecular weight is 360 g/mol. The maximum Gasteiger partial charge on any atom is 0.545 e. The molecule has 0 heterocycles. The van der Waals surface area contributed by atoms with E-state index in [4.69, 9.17) is 0 Å². The molecule has 22 heavy (non-hydrogen) atoms. The lowest BCUT2D eigenvalue weighted by atomic mass is 10.0. The molecule has 0 saturated heterocycles. The second kappa shape index (κ2) is 5.58. The van der Waals surface area contributed by atoms with Crippen LogP contribution in [0.4, 0.5) is 53.1 Å². The van der Waals surface area contributed by atoms with E-state index in [0.29, 0.717) is 7.11 Å². The lowest BCUT2D eigenvalue weighted by Crippen LogP contribution is -2.67. The monoisotopic (exact) mass is 360 g/mol. The third kappa shape index (κ3) is 3.12. The number of rotatable bonds is 5. The molecule has 0 radical (unpaired) electrons. The molecule has 15 heteroatoms. The summed E-state index contributed by atoms with van der Waals surface area (Å²) in [6, 6.07) is 0. The highest BCUT2D eigenvalue weighted by Gasteiger charge is 2.88. The Labute approximate surface area is 112 Å². The van der Waals surface area contributed by atoms with Gasteiger partial charge in [0.2, 0.25) is 0 Å². The van der Waals surface area contributed by atoms with Gasteiger partial charge in [-0.1, -0.05) is 0 Å². The van der Waals surface area contributed by atoms with Crippen LogP contribution >= 0.6 is 0 Å². The highest BCUT2D eigenvalue weighted by atomic mass is 19.4. The van der Waals surface area contributed by atoms with Crippen molar-refractivity contribution in [2.45, 2.75) is 30.1 Å². The van der Waals surface area contributed by atoms with E-state index in [9.17, 15) is 53.1 Å². The first-order chi connectivity index (χ1) is 9.45. The van der Waals surface area contributed by atoms with Crippen molar-refractivity contribution < 1.29 is 67.6 Å². The summed E-state index contributed by atoms with van der Waals surface area (Å²) < 4.78 is 138. The van der Waals surface area contributed by atoms with E-state index < -0.39 is 36.2 Å². The average Bonchev–Trinajstić information content (AvgIpc) is 2.25. The highest BCUT2D eigenvalue weighted by molar-refractivity contribution is 5.59. The van der Waals surface area contributed by atoms with Crippen LogP contribution in [-0.2, 0) is 14.5 Å². The molecule has 0 spiro atoms. The van der Waals surface area contributed by atoms with Crippen molar-refractivity contribution in [2.75, 3.05) is 7.11 Å². The zero-order valence-electron chi connectivity index (χ0n) is 9.79. The molecule has 132 valence electrons. The predicted octanol–water partition coefficient (Wildman–Crippen LogP) is 3.76. The van der Waals surface area contributed by atoms with E-state index in [0.717, 1.165) is 0 Å². The van der Waals surface area contributed by atoms with Crippen LogP contribution in [0.25, 0.3) is 0 Å². The van der Waals surface area contributed by atoms with Crippen LogP contribution in [0.15, 0.2) is 0 Å². The van der Waals surface area contributed by atoms with Crippen LogP contribution in [-0.4, -0.2) is 43.3 Å². The van der Waals surface area contributed by atoms with E-state index in [1.165, 1.54) is 0 Å². The molecule has 0 amide bonds. The van der Waals surface area contributed by atoms with Gasteiger partial charge in [-0.2, -0.15) is 53.2 Å². The summed E-state index contributed by atoms with van der Waals surface area (Å²) in [7, 11) is 0.434. The molecule has 0 bridgehead atoms. The van der Waals surface area contributed by atoms with E-state index in [-0.39, 0.29) is 0 Å². The molecule has 0 aromatic heterocycles.